The van der Waals surface area contributed by atoms with Crippen LogP contribution in [0.1, 0.15) is 9.75 Å². The number of carbonyl (C=O) groups is 3. The highest BCUT2D eigenvalue weighted by Gasteiger charge is 2.51. The molecule has 1 aromatic heterocycles. The molecule has 0 aromatic carbocycles. The Balaban J connectivity index is 1.75. The lowest BCUT2D eigenvalue weighted by Gasteiger charge is -2.48. The van der Waals surface area contributed by atoms with Gasteiger partial charge in [0.15, 0.2) is 0 Å². The van der Waals surface area contributed by atoms with Crippen molar-refractivity contribution in [2.45, 2.75) is 24.4 Å². The van der Waals surface area contributed by atoms with E-state index < -0.39 is 12.0 Å². The van der Waals surface area contributed by atoms with E-state index in [2.05, 4.69) is 5.32 Å². The van der Waals surface area contributed by atoms with E-state index in [1.165, 1.54) is 28.0 Å². The molecule has 7 nitrogen and oxygen atoms in total. The quantitative estimate of drug-likeness (QED) is 0.478. The minimum Gasteiger partial charge on any atom is -0.477 e. The van der Waals surface area contributed by atoms with Crippen LogP contribution in [0.3, 0.4) is 0 Å². The summed E-state index contributed by atoms with van der Waals surface area (Å²) in [6.45, 7) is 0.386. The molecule has 2 amide bonds. The zero-order valence-corrected chi connectivity index (χ0v) is 15.4. The van der Waals surface area contributed by atoms with Crippen LogP contribution in [0.25, 0.3) is 0 Å². The van der Waals surface area contributed by atoms with Crippen molar-refractivity contribution in [1.82, 2.24) is 10.2 Å². The predicted octanol–water partition coefficient (Wildman–Crippen LogP) is 0.727. The van der Waals surface area contributed by atoms with Crippen molar-refractivity contribution in [2.75, 3.05) is 11.6 Å². The fourth-order valence-electron chi connectivity index (χ4n) is 2.77. The molecule has 0 radical (unpaired) electrons. The van der Waals surface area contributed by atoms with Gasteiger partial charge in [-0.25, -0.2) is 4.79 Å². The number of nitrogens with zero attached hydrogens (tertiary/aromatic N) is 1. The first-order valence-corrected chi connectivity index (χ1v) is 9.88. The maximum atomic E-state index is 11.9. The monoisotopic (exact) mass is 401 g/mol. The second-order valence-electron chi connectivity index (χ2n) is 5.65. The van der Waals surface area contributed by atoms with Gasteiger partial charge < -0.3 is 16.2 Å². The highest BCUT2D eigenvalue weighted by atomic mass is 35.5. The minimum absolute atomic E-state index is 0.0563. The van der Waals surface area contributed by atoms with Crippen LogP contribution in [0.15, 0.2) is 23.4 Å². The van der Waals surface area contributed by atoms with E-state index in [1.807, 2.05) is 12.1 Å². The number of carbonyl (C=O) groups excluding carboxylic acids is 2. The van der Waals surface area contributed by atoms with Gasteiger partial charge in [0.1, 0.15) is 23.0 Å². The Bertz CT molecular complexity index is 764. The molecule has 0 saturated carbocycles. The van der Waals surface area contributed by atoms with E-state index >= 15 is 0 Å². The fraction of sp³-hybridized carbons (Fsp3) is 0.400. The van der Waals surface area contributed by atoms with Crippen LogP contribution in [0, 0.1) is 0 Å². The van der Waals surface area contributed by atoms with Crippen molar-refractivity contribution < 1.29 is 19.5 Å². The van der Waals surface area contributed by atoms with Gasteiger partial charge in [0.05, 0.1) is 6.54 Å². The third-order valence-electron chi connectivity index (χ3n) is 3.98. The number of nitrogens with one attached hydrogen (secondary N) is 1. The number of alkyl halides is 1. The molecule has 0 spiro atoms. The van der Waals surface area contributed by atoms with Crippen molar-refractivity contribution in [3.8, 4) is 0 Å². The van der Waals surface area contributed by atoms with E-state index in [1.54, 1.807) is 0 Å². The number of carboxylic acid groups (broad SMARTS) is 1. The molecule has 134 valence electrons. The molecule has 2 aliphatic heterocycles. The molecule has 3 heterocycles. The van der Waals surface area contributed by atoms with Crippen LogP contribution in [-0.2, 0) is 27.3 Å². The van der Waals surface area contributed by atoms with Gasteiger partial charge in [-0.3, -0.25) is 14.5 Å². The van der Waals surface area contributed by atoms with Crippen LogP contribution >= 0.6 is 34.7 Å². The number of β-lactam (4-membered cyclic amide) rings is 1. The Morgan fingerprint density at radius 3 is 2.80 bits per heavy atom. The van der Waals surface area contributed by atoms with E-state index in [9.17, 15) is 19.5 Å². The summed E-state index contributed by atoms with van der Waals surface area (Å²) in [7, 11) is 0. The Kier molecular flexibility index (Phi) is 5.38. The summed E-state index contributed by atoms with van der Waals surface area (Å²) in [6, 6.07) is 3.17. The number of halogens is 1. The molecule has 0 bridgehead atoms. The SMILES string of the molecule is N[C@@H]1C(=O)N2C(C(=O)O)=C(Cc3ccc(CNC(=O)CCl)s3)CS[C@H]12. The number of hydrogen-bond donors (Lipinski definition) is 3. The van der Waals surface area contributed by atoms with E-state index in [-0.39, 0.29) is 28.8 Å². The molecule has 0 aliphatic carbocycles. The topological polar surface area (TPSA) is 113 Å². The molecule has 1 fully saturated rings. The summed E-state index contributed by atoms with van der Waals surface area (Å²) in [5.41, 5.74) is 6.50. The molecule has 2 atom stereocenters. The number of carboxylic acids is 1. The van der Waals surface area contributed by atoms with E-state index in [0.717, 1.165) is 9.75 Å². The molecule has 25 heavy (non-hydrogen) atoms. The van der Waals surface area contributed by atoms with Gasteiger partial charge in [0, 0.05) is 21.9 Å². The normalized spacial score (nSPS) is 22.5. The third kappa shape index (κ3) is 3.55. The van der Waals surface area contributed by atoms with Gasteiger partial charge in [0.25, 0.3) is 0 Å². The van der Waals surface area contributed by atoms with Crippen LogP contribution in [0.4, 0.5) is 0 Å². The molecule has 3 rings (SSSR count). The Morgan fingerprint density at radius 2 is 2.12 bits per heavy atom. The van der Waals surface area contributed by atoms with Gasteiger partial charge in [0.2, 0.25) is 11.8 Å². The third-order valence-corrected chi connectivity index (χ3v) is 6.67. The summed E-state index contributed by atoms with van der Waals surface area (Å²) in [5.74, 6) is -1.25. The average Bonchev–Trinajstić information content (AvgIpc) is 3.05. The van der Waals surface area contributed by atoms with Gasteiger partial charge in [-0.05, 0) is 17.7 Å². The van der Waals surface area contributed by atoms with Gasteiger partial charge in [-0.1, -0.05) is 0 Å². The second-order valence-corrected chi connectivity index (χ2v) is 8.27. The van der Waals surface area contributed by atoms with Crippen molar-refractivity contribution in [3.63, 3.8) is 0 Å². The zero-order valence-electron chi connectivity index (χ0n) is 13.0. The van der Waals surface area contributed by atoms with Crippen molar-refractivity contribution in [3.05, 3.63) is 33.2 Å². The standard InChI is InChI=1S/C15H16ClN3O4S2/c16-4-10(20)18-5-9-2-1-8(25-9)3-7-6-24-14-11(17)13(21)19(14)12(7)15(22)23/h1-2,11,14H,3-6,17H2,(H,18,20)(H,22,23)/t11-,14-/m1/s1. The highest BCUT2D eigenvalue weighted by molar-refractivity contribution is 8.00. The molecule has 1 saturated heterocycles. The molecular weight excluding hydrogens is 386 g/mol. The van der Waals surface area contributed by atoms with Crippen LogP contribution in [0.2, 0.25) is 0 Å². The Labute approximate surface area is 157 Å². The summed E-state index contributed by atoms with van der Waals surface area (Å²) < 4.78 is 0. The van der Waals surface area contributed by atoms with Crippen LogP contribution in [0.5, 0.6) is 0 Å². The minimum atomic E-state index is -1.10. The lowest BCUT2D eigenvalue weighted by Crippen LogP contribution is -2.68. The van der Waals surface area contributed by atoms with Crippen molar-refractivity contribution in [2.24, 2.45) is 5.73 Å². The molecular formula is C15H16ClN3O4S2. The molecule has 1 aromatic rings. The van der Waals surface area contributed by atoms with Gasteiger partial charge in [-0.2, -0.15) is 0 Å². The lowest BCUT2D eigenvalue weighted by atomic mass is 10.0. The number of thioether (sulfide) groups is 1. The average molecular weight is 402 g/mol. The highest BCUT2D eigenvalue weighted by Crippen LogP contribution is 2.40. The van der Waals surface area contributed by atoms with E-state index in [0.29, 0.717) is 24.3 Å². The first-order chi connectivity index (χ1) is 11.9. The number of nitrogens with two attached hydrogens (primary N) is 1. The summed E-state index contributed by atoms with van der Waals surface area (Å²) >= 11 is 8.42. The van der Waals surface area contributed by atoms with E-state index in [4.69, 9.17) is 17.3 Å². The van der Waals surface area contributed by atoms with Crippen LogP contribution < -0.4 is 11.1 Å². The predicted molar refractivity (Wildman–Crippen MR) is 96.3 cm³/mol. The summed E-state index contributed by atoms with van der Waals surface area (Å²) in [4.78, 5) is 38.0. The Morgan fingerprint density at radius 1 is 1.40 bits per heavy atom. The summed E-state index contributed by atoms with van der Waals surface area (Å²) in [5, 5.41) is 11.9. The number of rotatable bonds is 6. The largest absolute Gasteiger partial charge is 0.477 e. The lowest BCUT2D eigenvalue weighted by molar-refractivity contribution is -0.148. The second kappa shape index (κ2) is 7.36. The first-order valence-electron chi connectivity index (χ1n) is 7.48. The van der Waals surface area contributed by atoms with Crippen LogP contribution in [-0.4, -0.2) is 50.8 Å². The summed E-state index contributed by atoms with van der Waals surface area (Å²) in [6.07, 6.45) is 0.453. The van der Waals surface area contributed by atoms with Crippen molar-refractivity contribution >= 4 is 52.5 Å². The Hall–Kier alpha value is -1.55. The number of amides is 2. The molecule has 4 N–H and O–H groups in total. The maximum absolute atomic E-state index is 11.9. The zero-order chi connectivity index (χ0) is 18.1. The maximum Gasteiger partial charge on any atom is 0.352 e. The smallest absolute Gasteiger partial charge is 0.352 e. The number of aliphatic carboxylic acids is 1. The number of hydrogen-bond acceptors (Lipinski definition) is 6. The van der Waals surface area contributed by atoms with Gasteiger partial charge >= 0.3 is 5.97 Å². The molecule has 2 aliphatic rings. The first kappa shape index (κ1) is 18.2. The molecule has 0 unspecified atom stereocenters. The van der Waals surface area contributed by atoms with Gasteiger partial charge in [-0.15, -0.1) is 34.7 Å². The van der Waals surface area contributed by atoms with Crippen molar-refractivity contribution in [1.29, 1.82) is 0 Å². The fourth-order valence-corrected chi connectivity index (χ4v) is 5.16. The number of thiophene rings is 1. The molecule has 10 heteroatoms. The number of fused-ring (bicyclic) bond motifs is 1.